The minimum Gasteiger partial charge on any atom is -0.457 e. The molecule has 1 heterocycles. The minimum absolute atomic E-state index is 0.0257. The van der Waals surface area contributed by atoms with E-state index in [9.17, 15) is 24.0 Å². The molecule has 0 unspecified atom stereocenters. The molecule has 0 radical (unpaired) electrons. The van der Waals surface area contributed by atoms with Crippen LogP contribution < -0.4 is 5.32 Å². The summed E-state index contributed by atoms with van der Waals surface area (Å²) in [5.41, 5.74) is 2.59. The van der Waals surface area contributed by atoms with Crippen molar-refractivity contribution in [2.45, 2.75) is 39.5 Å². The summed E-state index contributed by atoms with van der Waals surface area (Å²) in [5.74, 6) is -1.78. The van der Waals surface area contributed by atoms with Crippen LogP contribution in [-0.2, 0) is 14.3 Å². The van der Waals surface area contributed by atoms with Crippen LogP contribution in [0.25, 0.3) is 0 Å². The van der Waals surface area contributed by atoms with Gasteiger partial charge in [0.15, 0.2) is 12.4 Å². The molecule has 0 aliphatic carbocycles. The van der Waals surface area contributed by atoms with E-state index in [2.05, 4.69) is 5.32 Å². The van der Waals surface area contributed by atoms with Gasteiger partial charge in [0.1, 0.15) is 0 Å². The molecule has 0 saturated carbocycles. The fraction of sp³-hybridized carbons (Fsp3) is 0.320. The first-order valence-corrected chi connectivity index (χ1v) is 10.9. The molecule has 8 heteroatoms. The number of amides is 3. The maximum atomic E-state index is 12.4. The summed E-state index contributed by atoms with van der Waals surface area (Å²) in [5, 5.41) is 2.73. The molecule has 1 aliphatic rings. The molecule has 0 atom stereocenters. The third-order valence-electron chi connectivity index (χ3n) is 5.22. The van der Waals surface area contributed by atoms with Gasteiger partial charge in [0.05, 0.1) is 11.1 Å². The van der Waals surface area contributed by atoms with Gasteiger partial charge >= 0.3 is 5.97 Å². The van der Waals surface area contributed by atoms with Gasteiger partial charge < -0.3 is 10.1 Å². The third kappa shape index (κ3) is 5.91. The smallest absolute Gasteiger partial charge is 0.306 e. The lowest BCUT2D eigenvalue weighted by Gasteiger charge is -2.13. The molecule has 8 nitrogen and oxygen atoms in total. The standard InChI is InChI=1S/C25H26N2O6/c1-3-5-22(29)26-18-10-8-17(9-11-18)21(28)15-33-23(30)6-4-13-27-24(31)19-12-7-16(2)14-20(19)25(27)32/h7-12,14H,3-6,13,15H2,1-2H3,(H,26,29). The van der Waals surface area contributed by atoms with Crippen molar-refractivity contribution in [1.29, 1.82) is 0 Å². The highest BCUT2D eigenvalue weighted by atomic mass is 16.5. The Balaban J connectivity index is 1.42. The number of ketones is 1. The fourth-order valence-corrected chi connectivity index (χ4v) is 3.48. The molecule has 0 fully saturated rings. The van der Waals surface area contributed by atoms with E-state index in [4.69, 9.17) is 4.74 Å². The Hall–Kier alpha value is -3.81. The number of esters is 1. The largest absolute Gasteiger partial charge is 0.457 e. The van der Waals surface area contributed by atoms with Crippen LogP contribution in [0.15, 0.2) is 42.5 Å². The number of hydrogen-bond donors (Lipinski definition) is 1. The van der Waals surface area contributed by atoms with Crippen molar-refractivity contribution in [2.75, 3.05) is 18.5 Å². The first-order chi connectivity index (χ1) is 15.8. The molecular weight excluding hydrogens is 424 g/mol. The molecular formula is C25H26N2O6. The van der Waals surface area contributed by atoms with Gasteiger partial charge in [0.25, 0.3) is 11.8 Å². The second-order valence-electron chi connectivity index (χ2n) is 7.87. The van der Waals surface area contributed by atoms with Crippen LogP contribution in [0.2, 0.25) is 0 Å². The highest BCUT2D eigenvalue weighted by Gasteiger charge is 2.35. The molecule has 2 aromatic carbocycles. The molecule has 33 heavy (non-hydrogen) atoms. The van der Waals surface area contributed by atoms with Crippen LogP contribution in [0.3, 0.4) is 0 Å². The summed E-state index contributed by atoms with van der Waals surface area (Å²) >= 11 is 0. The summed E-state index contributed by atoms with van der Waals surface area (Å²) < 4.78 is 5.03. The lowest BCUT2D eigenvalue weighted by atomic mass is 10.1. The van der Waals surface area contributed by atoms with E-state index in [-0.39, 0.29) is 42.9 Å². The normalized spacial score (nSPS) is 12.5. The van der Waals surface area contributed by atoms with Crippen molar-refractivity contribution in [3.63, 3.8) is 0 Å². The van der Waals surface area contributed by atoms with Crippen LogP contribution in [-0.4, -0.2) is 47.5 Å². The van der Waals surface area contributed by atoms with Gasteiger partial charge in [-0.3, -0.25) is 28.9 Å². The van der Waals surface area contributed by atoms with Gasteiger partial charge in [0, 0.05) is 30.6 Å². The van der Waals surface area contributed by atoms with E-state index >= 15 is 0 Å². The predicted molar refractivity (Wildman–Crippen MR) is 121 cm³/mol. The molecule has 0 spiro atoms. The Morgan fingerprint density at radius 3 is 2.33 bits per heavy atom. The fourth-order valence-electron chi connectivity index (χ4n) is 3.48. The summed E-state index contributed by atoms with van der Waals surface area (Å²) in [6.45, 7) is 3.44. The number of fused-ring (bicyclic) bond motifs is 1. The number of ether oxygens (including phenoxy) is 1. The van der Waals surface area contributed by atoms with E-state index in [0.717, 1.165) is 16.9 Å². The Morgan fingerprint density at radius 1 is 0.939 bits per heavy atom. The third-order valence-corrected chi connectivity index (χ3v) is 5.22. The molecule has 3 amide bonds. The summed E-state index contributed by atoms with van der Waals surface area (Å²) in [7, 11) is 0. The summed E-state index contributed by atoms with van der Waals surface area (Å²) in [4.78, 5) is 61.8. The van der Waals surface area contributed by atoms with Gasteiger partial charge in [0.2, 0.25) is 5.91 Å². The van der Waals surface area contributed by atoms with Crippen molar-refractivity contribution in [3.8, 4) is 0 Å². The zero-order chi connectivity index (χ0) is 24.0. The van der Waals surface area contributed by atoms with E-state index in [1.54, 1.807) is 42.5 Å². The predicted octanol–water partition coefficient (Wildman–Crippen LogP) is 3.54. The molecule has 172 valence electrons. The first-order valence-electron chi connectivity index (χ1n) is 10.9. The number of carbonyl (C=O) groups is 5. The van der Waals surface area contributed by atoms with Crippen molar-refractivity contribution in [3.05, 3.63) is 64.7 Å². The molecule has 0 saturated heterocycles. The number of nitrogens with zero attached hydrogens (tertiary/aromatic N) is 1. The lowest BCUT2D eigenvalue weighted by Crippen LogP contribution is -2.31. The zero-order valence-corrected chi connectivity index (χ0v) is 18.7. The van der Waals surface area contributed by atoms with Crippen LogP contribution in [0.4, 0.5) is 5.69 Å². The molecule has 2 aromatic rings. The van der Waals surface area contributed by atoms with Gasteiger partial charge in [-0.25, -0.2) is 0 Å². The SMILES string of the molecule is CCCC(=O)Nc1ccc(C(=O)COC(=O)CCCN2C(=O)c3ccc(C)cc3C2=O)cc1. The number of anilines is 1. The van der Waals surface area contributed by atoms with Crippen molar-refractivity contribution >= 4 is 35.2 Å². The Bertz CT molecular complexity index is 1090. The van der Waals surface area contributed by atoms with E-state index < -0.39 is 12.6 Å². The minimum atomic E-state index is -0.584. The Kier molecular flexibility index (Phi) is 7.71. The number of nitrogens with one attached hydrogen (secondary N) is 1. The highest BCUT2D eigenvalue weighted by Crippen LogP contribution is 2.24. The number of Topliss-reactive ketones (excluding diaryl/α,β-unsaturated/α-hetero) is 1. The van der Waals surface area contributed by atoms with Crippen LogP contribution in [0, 0.1) is 6.92 Å². The maximum absolute atomic E-state index is 12.4. The second kappa shape index (κ2) is 10.7. The monoisotopic (exact) mass is 450 g/mol. The van der Waals surface area contributed by atoms with Gasteiger partial charge in [-0.05, 0) is 56.2 Å². The zero-order valence-electron chi connectivity index (χ0n) is 18.7. The van der Waals surface area contributed by atoms with Crippen LogP contribution in [0.1, 0.15) is 69.2 Å². The van der Waals surface area contributed by atoms with E-state index in [1.165, 1.54) is 0 Å². The first kappa shape index (κ1) is 23.8. The summed E-state index contributed by atoms with van der Waals surface area (Å²) in [6.07, 6.45) is 1.38. The average molecular weight is 450 g/mol. The van der Waals surface area contributed by atoms with E-state index in [1.807, 2.05) is 13.8 Å². The molecule has 0 bridgehead atoms. The van der Waals surface area contributed by atoms with Gasteiger partial charge in [-0.1, -0.05) is 18.6 Å². The number of benzene rings is 2. The Labute approximate surface area is 191 Å². The quantitative estimate of drug-likeness (QED) is 0.337. The molecule has 1 aliphatic heterocycles. The van der Waals surface area contributed by atoms with Crippen molar-refractivity contribution in [1.82, 2.24) is 4.90 Å². The number of carbonyl (C=O) groups excluding carboxylic acids is 5. The lowest BCUT2D eigenvalue weighted by molar-refractivity contribution is -0.142. The highest BCUT2D eigenvalue weighted by molar-refractivity contribution is 6.21. The number of rotatable bonds is 10. The van der Waals surface area contributed by atoms with Crippen molar-refractivity contribution in [2.24, 2.45) is 0 Å². The number of aryl methyl sites for hydroxylation is 1. The van der Waals surface area contributed by atoms with Gasteiger partial charge in [-0.15, -0.1) is 0 Å². The average Bonchev–Trinajstić information content (AvgIpc) is 3.02. The summed E-state index contributed by atoms with van der Waals surface area (Å²) in [6, 6.07) is 11.4. The van der Waals surface area contributed by atoms with E-state index in [0.29, 0.717) is 28.8 Å². The molecule has 1 N–H and O–H groups in total. The van der Waals surface area contributed by atoms with Crippen molar-refractivity contribution < 1.29 is 28.7 Å². The second-order valence-corrected chi connectivity index (χ2v) is 7.87. The maximum Gasteiger partial charge on any atom is 0.306 e. The molecule has 3 rings (SSSR count). The Morgan fingerprint density at radius 2 is 1.64 bits per heavy atom. The van der Waals surface area contributed by atoms with Gasteiger partial charge in [-0.2, -0.15) is 0 Å². The number of imide groups is 1. The topological polar surface area (TPSA) is 110 Å². The van der Waals surface area contributed by atoms with Crippen LogP contribution in [0.5, 0.6) is 0 Å². The number of hydrogen-bond acceptors (Lipinski definition) is 6. The molecule has 0 aromatic heterocycles. The van der Waals surface area contributed by atoms with Crippen LogP contribution >= 0.6 is 0 Å².